The molecule has 1 radical (unpaired) electrons. The van der Waals surface area contributed by atoms with Crippen LogP contribution in [0.15, 0.2) is 6.07 Å². The van der Waals surface area contributed by atoms with E-state index in [2.05, 4.69) is 47.6 Å². The predicted octanol–water partition coefficient (Wildman–Crippen LogP) is 12.7. The normalized spacial score (nSPS) is 11.6. The molecule has 1 aromatic rings. The number of hydrogen-bond acceptors (Lipinski definition) is 0. The lowest BCUT2D eigenvalue weighted by Crippen LogP contribution is -2.14. The fourth-order valence-corrected chi connectivity index (χ4v) is 6.12. The van der Waals surface area contributed by atoms with Gasteiger partial charge in [0, 0.05) is 5.92 Å². The van der Waals surface area contributed by atoms with Crippen molar-refractivity contribution in [1.82, 2.24) is 0 Å². The molecule has 0 saturated heterocycles. The Bertz CT molecular complexity index is 644. The highest BCUT2D eigenvalue weighted by Gasteiger charge is 2.23. The average Bonchev–Trinajstić information content (AvgIpc) is 2.90. The van der Waals surface area contributed by atoms with Crippen molar-refractivity contribution in [2.45, 2.75) is 196 Å². The van der Waals surface area contributed by atoms with E-state index in [-0.39, 0.29) is 0 Å². The molecule has 0 fully saturated rings. The minimum absolute atomic E-state index is 1.30. The highest BCUT2D eigenvalue weighted by atomic mass is 14.3. The van der Waals surface area contributed by atoms with Gasteiger partial charge in [0.2, 0.25) is 0 Å². The van der Waals surface area contributed by atoms with E-state index in [1.807, 2.05) is 11.5 Å². The second-order valence-electron chi connectivity index (χ2n) is 11.9. The predicted molar refractivity (Wildman–Crippen MR) is 170 cm³/mol. The van der Waals surface area contributed by atoms with Gasteiger partial charge in [0.25, 0.3) is 0 Å². The summed E-state index contributed by atoms with van der Waals surface area (Å²) in [5.74, 6) is 1.82. The Morgan fingerprint density at radius 2 is 0.784 bits per heavy atom. The smallest absolute Gasteiger partial charge is 0.00528 e. The molecule has 0 amide bonds. The summed E-state index contributed by atoms with van der Waals surface area (Å²) in [4.78, 5) is 0. The van der Waals surface area contributed by atoms with E-state index in [4.69, 9.17) is 0 Å². The van der Waals surface area contributed by atoms with Crippen molar-refractivity contribution in [2.75, 3.05) is 0 Å². The summed E-state index contributed by atoms with van der Waals surface area (Å²) in [6, 6.07) is 2.77. The number of benzene rings is 1. The molecular formula is C37H67. The van der Waals surface area contributed by atoms with Crippen LogP contribution in [0.4, 0.5) is 0 Å². The van der Waals surface area contributed by atoms with Gasteiger partial charge in [0.15, 0.2) is 0 Å². The van der Waals surface area contributed by atoms with Gasteiger partial charge in [-0.3, -0.25) is 0 Å². The monoisotopic (exact) mass is 512 g/mol. The maximum Gasteiger partial charge on any atom is 0.00528 e. The Morgan fingerprint density at radius 3 is 1.24 bits per heavy atom. The number of unbranched alkanes of at least 4 members (excludes halogenated alkanes) is 12. The molecule has 0 aromatic heterocycles. The van der Waals surface area contributed by atoms with E-state index in [9.17, 15) is 0 Å². The Hall–Kier alpha value is -0.780. The first-order valence-corrected chi connectivity index (χ1v) is 17.2. The first-order valence-electron chi connectivity index (χ1n) is 17.2. The SMILES string of the molecule is CCCCC[C](CCCCC)c1cc(CCCCC)c(CCCCC)c(CCCCC)c1CCCCC. The lowest BCUT2D eigenvalue weighted by Gasteiger charge is -2.28. The molecule has 0 unspecified atom stereocenters. The van der Waals surface area contributed by atoms with Crippen LogP contribution < -0.4 is 0 Å². The Kier molecular flexibility index (Phi) is 21.4. The van der Waals surface area contributed by atoms with E-state index in [1.54, 1.807) is 22.3 Å². The second kappa shape index (κ2) is 23.1. The van der Waals surface area contributed by atoms with Gasteiger partial charge in [-0.15, -0.1) is 0 Å². The minimum Gasteiger partial charge on any atom is -0.0654 e. The molecule has 37 heavy (non-hydrogen) atoms. The highest BCUT2D eigenvalue weighted by Crippen LogP contribution is 2.37. The van der Waals surface area contributed by atoms with Gasteiger partial charge in [-0.2, -0.15) is 0 Å². The van der Waals surface area contributed by atoms with Gasteiger partial charge in [0.1, 0.15) is 0 Å². The molecule has 0 spiro atoms. The molecule has 0 atom stereocenters. The molecular weight excluding hydrogens is 444 g/mol. The third kappa shape index (κ3) is 13.7. The zero-order valence-corrected chi connectivity index (χ0v) is 26.5. The lowest BCUT2D eigenvalue weighted by atomic mass is 9.77. The molecule has 0 heteroatoms. The molecule has 0 saturated carbocycles. The summed E-state index contributed by atoms with van der Waals surface area (Å²) in [6.07, 6.45) is 32.3. The fraction of sp³-hybridized carbons (Fsp3) is 0.811. The second-order valence-corrected chi connectivity index (χ2v) is 11.9. The summed E-state index contributed by atoms with van der Waals surface area (Å²) in [6.45, 7) is 14.2. The van der Waals surface area contributed by atoms with Gasteiger partial charge in [-0.1, -0.05) is 138 Å². The van der Waals surface area contributed by atoms with Gasteiger partial charge in [-0.05, 0) is 92.0 Å². The first kappa shape index (κ1) is 34.2. The molecule has 1 aromatic carbocycles. The van der Waals surface area contributed by atoms with Crippen molar-refractivity contribution >= 4 is 0 Å². The van der Waals surface area contributed by atoms with Gasteiger partial charge in [0.05, 0.1) is 0 Å². The Morgan fingerprint density at radius 1 is 0.405 bits per heavy atom. The van der Waals surface area contributed by atoms with Crippen LogP contribution in [-0.4, -0.2) is 0 Å². The molecule has 0 heterocycles. The average molecular weight is 512 g/mol. The van der Waals surface area contributed by atoms with Crippen molar-refractivity contribution in [2.24, 2.45) is 0 Å². The third-order valence-electron chi connectivity index (χ3n) is 8.45. The van der Waals surface area contributed by atoms with Gasteiger partial charge < -0.3 is 0 Å². The number of aryl methyl sites for hydroxylation is 1. The molecule has 0 bridgehead atoms. The zero-order valence-electron chi connectivity index (χ0n) is 26.5. The van der Waals surface area contributed by atoms with Crippen molar-refractivity contribution in [3.05, 3.63) is 39.8 Å². The van der Waals surface area contributed by atoms with Crippen LogP contribution in [-0.2, 0) is 25.7 Å². The van der Waals surface area contributed by atoms with Crippen LogP contribution in [0, 0.1) is 5.92 Å². The fourth-order valence-electron chi connectivity index (χ4n) is 6.12. The molecule has 0 N–H and O–H groups in total. The standard InChI is InChI=1S/C37H67/c1-7-13-19-25-32(26-20-14-8-2)37-31-33(27-21-15-9-3)34(28-22-16-10-4)35(29-23-17-11-5)36(37)30-24-18-12-6/h31H,7-30H2,1-6H3. The van der Waals surface area contributed by atoms with Crippen LogP contribution in [0.3, 0.4) is 0 Å². The van der Waals surface area contributed by atoms with Crippen LogP contribution >= 0.6 is 0 Å². The maximum absolute atomic E-state index is 2.77. The van der Waals surface area contributed by atoms with E-state index in [1.165, 1.54) is 154 Å². The zero-order chi connectivity index (χ0) is 27.1. The molecule has 0 aliphatic heterocycles. The summed E-state index contributed by atoms with van der Waals surface area (Å²) >= 11 is 0. The van der Waals surface area contributed by atoms with E-state index in [0.717, 1.165) is 0 Å². The third-order valence-corrected chi connectivity index (χ3v) is 8.45. The Balaban J connectivity index is 3.64. The topological polar surface area (TPSA) is 0 Å². The Labute approximate surface area is 235 Å². The van der Waals surface area contributed by atoms with Crippen LogP contribution in [0.2, 0.25) is 0 Å². The van der Waals surface area contributed by atoms with Crippen LogP contribution in [0.25, 0.3) is 0 Å². The van der Waals surface area contributed by atoms with Crippen molar-refractivity contribution in [3.63, 3.8) is 0 Å². The van der Waals surface area contributed by atoms with Crippen LogP contribution in [0.5, 0.6) is 0 Å². The summed E-state index contributed by atoms with van der Waals surface area (Å²) in [7, 11) is 0. The van der Waals surface area contributed by atoms with Crippen molar-refractivity contribution in [1.29, 1.82) is 0 Å². The lowest BCUT2D eigenvalue weighted by molar-refractivity contribution is 0.608. The van der Waals surface area contributed by atoms with Crippen LogP contribution in [0.1, 0.15) is 198 Å². The van der Waals surface area contributed by atoms with E-state index in [0.29, 0.717) is 0 Å². The van der Waals surface area contributed by atoms with Gasteiger partial charge >= 0.3 is 0 Å². The quantitative estimate of drug-likeness (QED) is 0.114. The molecule has 1 rings (SSSR count). The first-order chi connectivity index (χ1) is 18.2. The van der Waals surface area contributed by atoms with E-state index >= 15 is 0 Å². The molecule has 215 valence electrons. The maximum atomic E-state index is 2.77. The largest absolute Gasteiger partial charge is 0.0654 e. The summed E-state index contributed by atoms with van der Waals surface area (Å²) in [5.41, 5.74) is 8.91. The molecule has 0 aliphatic carbocycles. The van der Waals surface area contributed by atoms with Crippen molar-refractivity contribution in [3.8, 4) is 0 Å². The summed E-state index contributed by atoms with van der Waals surface area (Å²) < 4.78 is 0. The minimum atomic E-state index is 1.30. The van der Waals surface area contributed by atoms with E-state index < -0.39 is 0 Å². The van der Waals surface area contributed by atoms with Gasteiger partial charge in [-0.25, -0.2) is 0 Å². The summed E-state index contributed by atoms with van der Waals surface area (Å²) in [5, 5.41) is 0. The number of hydrogen-bond donors (Lipinski definition) is 0. The van der Waals surface area contributed by atoms with Crippen molar-refractivity contribution < 1.29 is 0 Å². The molecule has 0 nitrogen and oxygen atoms in total. The molecule has 0 aliphatic rings. The highest BCUT2D eigenvalue weighted by molar-refractivity contribution is 5.52. The number of rotatable bonds is 25.